The average molecular weight is 243 g/mol. The number of carbonyl (C=O) groups is 1. The molecule has 0 saturated carbocycles. The number of carbonyl (C=O) groups excluding carboxylic acids is 1. The summed E-state index contributed by atoms with van der Waals surface area (Å²) in [6.07, 6.45) is 4.67. The molecule has 0 spiro atoms. The SMILES string of the molecule is CC(=O)NCCCn1ccnc1-c1ccccc1. The largest absolute Gasteiger partial charge is 0.356 e. The van der Waals surface area contributed by atoms with E-state index >= 15 is 0 Å². The molecule has 4 nitrogen and oxygen atoms in total. The predicted molar refractivity (Wildman–Crippen MR) is 71.0 cm³/mol. The fourth-order valence-corrected chi connectivity index (χ4v) is 1.85. The standard InChI is InChI=1S/C14H17N3O/c1-12(18)15-8-5-10-17-11-9-16-14(17)13-6-3-2-4-7-13/h2-4,6-7,9,11H,5,8,10H2,1H3,(H,15,18). The molecule has 0 aliphatic carbocycles. The molecule has 2 aromatic rings. The second-order valence-electron chi connectivity index (χ2n) is 4.15. The van der Waals surface area contributed by atoms with E-state index in [1.165, 1.54) is 6.92 Å². The van der Waals surface area contributed by atoms with Crippen molar-refractivity contribution in [3.8, 4) is 11.4 Å². The highest BCUT2D eigenvalue weighted by atomic mass is 16.1. The topological polar surface area (TPSA) is 46.9 Å². The number of hydrogen-bond acceptors (Lipinski definition) is 2. The molecule has 4 heteroatoms. The van der Waals surface area contributed by atoms with Gasteiger partial charge in [0.1, 0.15) is 5.82 Å². The number of rotatable bonds is 5. The molecular formula is C14H17N3O. The van der Waals surface area contributed by atoms with Crippen molar-refractivity contribution in [2.45, 2.75) is 19.9 Å². The lowest BCUT2D eigenvalue weighted by molar-refractivity contribution is -0.118. The van der Waals surface area contributed by atoms with Gasteiger partial charge in [0, 0.05) is 38.0 Å². The summed E-state index contributed by atoms with van der Waals surface area (Å²) < 4.78 is 2.11. The Morgan fingerprint density at radius 2 is 2.11 bits per heavy atom. The molecule has 94 valence electrons. The zero-order valence-corrected chi connectivity index (χ0v) is 10.5. The molecule has 0 saturated heterocycles. The molecule has 0 atom stereocenters. The summed E-state index contributed by atoms with van der Waals surface area (Å²) in [4.78, 5) is 15.1. The van der Waals surface area contributed by atoms with Crippen molar-refractivity contribution in [3.63, 3.8) is 0 Å². The Kier molecular flexibility index (Phi) is 4.12. The minimum absolute atomic E-state index is 0.0175. The van der Waals surface area contributed by atoms with Crippen molar-refractivity contribution in [2.75, 3.05) is 6.54 Å². The van der Waals surface area contributed by atoms with E-state index in [0.29, 0.717) is 6.54 Å². The third kappa shape index (κ3) is 3.20. The summed E-state index contributed by atoms with van der Waals surface area (Å²) in [5.41, 5.74) is 1.11. The van der Waals surface area contributed by atoms with Crippen LogP contribution in [-0.2, 0) is 11.3 Å². The van der Waals surface area contributed by atoms with Gasteiger partial charge in [-0.1, -0.05) is 30.3 Å². The van der Waals surface area contributed by atoms with Gasteiger partial charge in [0.2, 0.25) is 5.91 Å². The normalized spacial score (nSPS) is 10.3. The van der Waals surface area contributed by atoms with Crippen molar-refractivity contribution >= 4 is 5.91 Å². The van der Waals surface area contributed by atoms with Crippen molar-refractivity contribution < 1.29 is 4.79 Å². The molecule has 1 N–H and O–H groups in total. The summed E-state index contributed by atoms with van der Waals surface area (Å²) in [7, 11) is 0. The number of nitrogens with one attached hydrogen (secondary N) is 1. The summed E-state index contributed by atoms with van der Waals surface area (Å²) in [6, 6.07) is 10.1. The molecule has 0 aliphatic rings. The first-order valence-corrected chi connectivity index (χ1v) is 6.08. The molecule has 1 aromatic carbocycles. The van der Waals surface area contributed by atoms with E-state index in [9.17, 15) is 4.79 Å². The molecule has 0 radical (unpaired) electrons. The van der Waals surface area contributed by atoms with Crippen molar-refractivity contribution in [2.24, 2.45) is 0 Å². The quantitative estimate of drug-likeness (QED) is 0.817. The second kappa shape index (κ2) is 6.00. The molecule has 1 aromatic heterocycles. The molecule has 18 heavy (non-hydrogen) atoms. The molecule has 0 aliphatic heterocycles. The van der Waals surface area contributed by atoms with E-state index in [1.54, 1.807) is 6.20 Å². The monoisotopic (exact) mass is 243 g/mol. The highest BCUT2D eigenvalue weighted by Gasteiger charge is 2.04. The van der Waals surface area contributed by atoms with E-state index in [1.807, 2.05) is 36.5 Å². The maximum atomic E-state index is 10.8. The number of benzene rings is 1. The lowest BCUT2D eigenvalue weighted by Gasteiger charge is -2.08. The van der Waals surface area contributed by atoms with E-state index in [4.69, 9.17) is 0 Å². The maximum Gasteiger partial charge on any atom is 0.216 e. The number of imidazole rings is 1. The van der Waals surface area contributed by atoms with Gasteiger partial charge < -0.3 is 9.88 Å². The van der Waals surface area contributed by atoms with Crippen LogP contribution in [0.15, 0.2) is 42.7 Å². The van der Waals surface area contributed by atoms with Crippen LogP contribution in [0.4, 0.5) is 0 Å². The molecule has 0 unspecified atom stereocenters. The molecular weight excluding hydrogens is 226 g/mol. The first kappa shape index (κ1) is 12.4. The smallest absolute Gasteiger partial charge is 0.216 e. The highest BCUT2D eigenvalue weighted by Crippen LogP contribution is 2.16. The first-order valence-electron chi connectivity index (χ1n) is 6.08. The number of aryl methyl sites for hydroxylation is 1. The van der Waals surface area contributed by atoms with E-state index < -0.39 is 0 Å². The molecule has 1 heterocycles. The first-order chi connectivity index (χ1) is 8.77. The van der Waals surface area contributed by atoms with Gasteiger partial charge in [-0.25, -0.2) is 4.98 Å². The Labute approximate surface area is 107 Å². The van der Waals surface area contributed by atoms with Gasteiger partial charge in [0.15, 0.2) is 0 Å². The Morgan fingerprint density at radius 1 is 1.33 bits per heavy atom. The van der Waals surface area contributed by atoms with E-state index in [2.05, 4.69) is 14.9 Å². The van der Waals surface area contributed by atoms with Crippen LogP contribution in [-0.4, -0.2) is 22.0 Å². The van der Waals surface area contributed by atoms with Crippen molar-refractivity contribution in [1.82, 2.24) is 14.9 Å². The summed E-state index contributed by atoms with van der Waals surface area (Å²) in [5.74, 6) is 0.988. The average Bonchev–Trinajstić information content (AvgIpc) is 2.84. The van der Waals surface area contributed by atoms with Crippen molar-refractivity contribution in [3.05, 3.63) is 42.7 Å². The van der Waals surface area contributed by atoms with Crippen LogP contribution in [0.3, 0.4) is 0 Å². The number of hydrogen-bond donors (Lipinski definition) is 1. The minimum Gasteiger partial charge on any atom is -0.356 e. The lowest BCUT2D eigenvalue weighted by atomic mass is 10.2. The van der Waals surface area contributed by atoms with Crippen LogP contribution in [0.25, 0.3) is 11.4 Å². The van der Waals surface area contributed by atoms with Gasteiger partial charge >= 0.3 is 0 Å². The summed E-state index contributed by atoms with van der Waals surface area (Å²) in [6.45, 7) is 3.08. The number of nitrogens with zero attached hydrogens (tertiary/aromatic N) is 2. The van der Waals surface area contributed by atoms with Crippen LogP contribution < -0.4 is 5.32 Å². The fourth-order valence-electron chi connectivity index (χ4n) is 1.85. The predicted octanol–water partition coefficient (Wildman–Crippen LogP) is 2.08. The third-order valence-corrected chi connectivity index (χ3v) is 2.70. The van der Waals surface area contributed by atoms with E-state index in [0.717, 1.165) is 24.4 Å². The second-order valence-corrected chi connectivity index (χ2v) is 4.15. The van der Waals surface area contributed by atoms with Gasteiger partial charge in [-0.15, -0.1) is 0 Å². The van der Waals surface area contributed by atoms with Gasteiger partial charge in [0.05, 0.1) is 0 Å². The molecule has 1 amide bonds. The zero-order valence-electron chi connectivity index (χ0n) is 10.5. The van der Waals surface area contributed by atoms with Crippen LogP contribution in [0.2, 0.25) is 0 Å². The van der Waals surface area contributed by atoms with Crippen LogP contribution in [0.5, 0.6) is 0 Å². The van der Waals surface area contributed by atoms with Crippen LogP contribution >= 0.6 is 0 Å². The lowest BCUT2D eigenvalue weighted by Crippen LogP contribution is -2.22. The number of amides is 1. The van der Waals surface area contributed by atoms with Gasteiger partial charge in [0.25, 0.3) is 0 Å². The Hall–Kier alpha value is -2.10. The molecule has 0 fully saturated rings. The molecule has 0 bridgehead atoms. The third-order valence-electron chi connectivity index (χ3n) is 2.70. The number of aromatic nitrogens is 2. The Balaban J connectivity index is 1.98. The summed E-state index contributed by atoms with van der Waals surface area (Å²) in [5, 5.41) is 2.79. The zero-order chi connectivity index (χ0) is 12.8. The Bertz CT molecular complexity index is 505. The van der Waals surface area contributed by atoms with Gasteiger partial charge in [-0.05, 0) is 6.42 Å². The minimum atomic E-state index is 0.0175. The van der Waals surface area contributed by atoms with Crippen LogP contribution in [0.1, 0.15) is 13.3 Å². The van der Waals surface area contributed by atoms with Crippen LogP contribution in [0, 0.1) is 0 Å². The Morgan fingerprint density at radius 3 is 2.83 bits per heavy atom. The fraction of sp³-hybridized carbons (Fsp3) is 0.286. The maximum absolute atomic E-state index is 10.8. The molecule has 2 rings (SSSR count). The van der Waals surface area contributed by atoms with Gasteiger partial charge in [-0.3, -0.25) is 4.79 Å². The van der Waals surface area contributed by atoms with E-state index in [-0.39, 0.29) is 5.91 Å². The summed E-state index contributed by atoms with van der Waals surface area (Å²) >= 11 is 0. The highest BCUT2D eigenvalue weighted by molar-refractivity contribution is 5.72. The van der Waals surface area contributed by atoms with Crippen molar-refractivity contribution in [1.29, 1.82) is 0 Å². The van der Waals surface area contributed by atoms with Gasteiger partial charge in [-0.2, -0.15) is 0 Å².